The number of carbonyl (C=O) groups excluding carboxylic acids is 2. The Balaban J connectivity index is 2.37. The van der Waals surface area contributed by atoms with Gasteiger partial charge in [-0.1, -0.05) is 0 Å². The van der Waals surface area contributed by atoms with Crippen molar-refractivity contribution in [2.24, 2.45) is 0 Å². The smallest absolute Gasteiger partial charge is 0.325 e. The molecule has 1 unspecified atom stereocenters. The summed E-state index contributed by atoms with van der Waals surface area (Å²) >= 11 is 0. The topological polar surface area (TPSA) is 55.8 Å². The van der Waals surface area contributed by atoms with Crippen molar-refractivity contribution in [3.63, 3.8) is 0 Å². The number of nitrogens with zero attached hydrogens (tertiary/aromatic N) is 1. The van der Waals surface area contributed by atoms with Gasteiger partial charge in [0.1, 0.15) is 12.6 Å². The highest BCUT2D eigenvalue weighted by atomic mass is 16.5. The average molecular weight is 229 g/mol. The predicted molar refractivity (Wildman–Crippen MR) is 57.9 cm³/mol. The molecule has 16 heavy (non-hydrogen) atoms. The maximum Gasteiger partial charge on any atom is 0.325 e. The van der Waals surface area contributed by atoms with E-state index in [0.717, 1.165) is 19.3 Å². The van der Waals surface area contributed by atoms with Crippen molar-refractivity contribution < 1.29 is 19.1 Å². The van der Waals surface area contributed by atoms with Crippen LogP contribution in [0.5, 0.6) is 0 Å². The molecule has 1 amide bonds. The lowest BCUT2D eigenvalue weighted by atomic mass is 10.1. The van der Waals surface area contributed by atoms with E-state index >= 15 is 0 Å². The molecule has 0 spiro atoms. The van der Waals surface area contributed by atoms with Gasteiger partial charge in [-0.25, -0.2) is 0 Å². The molecule has 5 heteroatoms. The van der Waals surface area contributed by atoms with E-state index in [0.29, 0.717) is 13.2 Å². The van der Waals surface area contributed by atoms with E-state index in [4.69, 9.17) is 9.47 Å². The molecule has 1 rings (SSSR count). The van der Waals surface area contributed by atoms with Gasteiger partial charge in [0, 0.05) is 13.7 Å². The normalized spacial score (nSPS) is 20.2. The molecule has 1 aliphatic rings. The van der Waals surface area contributed by atoms with Gasteiger partial charge in [0.15, 0.2) is 0 Å². The number of likely N-dealkylation sites (N-methyl/N-ethyl adjacent to an activating group) is 1. The van der Waals surface area contributed by atoms with E-state index in [9.17, 15) is 9.59 Å². The van der Waals surface area contributed by atoms with Gasteiger partial charge in [-0.2, -0.15) is 0 Å². The van der Waals surface area contributed by atoms with Crippen LogP contribution >= 0.6 is 0 Å². The summed E-state index contributed by atoms with van der Waals surface area (Å²) in [5.74, 6) is -0.512. The molecule has 0 saturated carbocycles. The van der Waals surface area contributed by atoms with E-state index < -0.39 is 0 Å². The van der Waals surface area contributed by atoms with Crippen LogP contribution in [0.15, 0.2) is 0 Å². The number of ether oxygens (including phenoxy) is 2. The van der Waals surface area contributed by atoms with Crippen molar-refractivity contribution in [2.75, 3.05) is 26.8 Å². The summed E-state index contributed by atoms with van der Waals surface area (Å²) in [6.45, 7) is 2.70. The molecule has 1 aliphatic heterocycles. The van der Waals surface area contributed by atoms with Crippen molar-refractivity contribution >= 4 is 11.9 Å². The Morgan fingerprint density at radius 2 is 2.19 bits per heavy atom. The fourth-order valence-electron chi connectivity index (χ4n) is 1.66. The minimum atomic E-state index is -0.381. The monoisotopic (exact) mass is 229 g/mol. The molecule has 0 aliphatic carbocycles. The summed E-state index contributed by atoms with van der Waals surface area (Å²) in [5, 5.41) is 0. The molecule has 0 aromatic heterocycles. The number of rotatable bonds is 4. The van der Waals surface area contributed by atoms with E-state index in [1.807, 2.05) is 0 Å². The summed E-state index contributed by atoms with van der Waals surface area (Å²) in [6.07, 6.45) is 2.37. The second-order valence-corrected chi connectivity index (χ2v) is 3.85. The Bertz CT molecular complexity index is 248. The van der Waals surface area contributed by atoms with Gasteiger partial charge in [-0.3, -0.25) is 9.59 Å². The fraction of sp³-hybridized carbons (Fsp3) is 0.818. The zero-order chi connectivity index (χ0) is 12.0. The minimum absolute atomic E-state index is 0.00741. The first-order valence-electron chi connectivity index (χ1n) is 5.67. The number of amides is 1. The minimum Gasteiger partial charge on any atom is -0.465 e. The van der Waals surface area contributed by atoms with Crippen LogP contribution in [0.4, 0.5) is 0 Å². The lowest BCUT2D eigenvalue weighted by Crippen LogP contribution is -2.42. The van der Waals surface area contributed by atoms with Crippen molar-refractivity contribution in [3.8, 4) is 0 Å². The van der Waals surface area contributed by atoms with Crippen LogP contribution in [-0.2, 0) is 19.1 Å². The van der Waals surface area contributed by atoms with Gasteiger partial charge in [0.05, 0.1) is 6.61 Å². The maximum atomic E-state index is 11.8. The van der Waals surface area contributed by atoms with Crippen molar-refractivity contribution in [1.82, 2.24) is 4.90 Å². The number of hydrogen-bond donors (Lipinski definition) is 0. The predicted octanol–water partition coefficient (Wildman–Crippen LogP) is 0.577. The molecule has 5 nitrogen and oxygen atoms in total. The summed E-state index contributed by atoms with van der Waals surface area (Å²) in [5.41, 5.74) is 0. The van der Waals surface area contributed by atoms with Gasteiger partial charge < -0.3 is 14.4 Å². The maximum absolute atomic E-state index is 11.8. The summed E-state index contributed by atoms with van der Waals surface area (Å²) < 4.78 is 10.1. The molecule has 0 bridgehead atoms. The first-order chi connectivity index (χ1) is 7.65. The van der Waals surface area contributed by atoms with E-state index in [1.54, 1.807) is 14.0 Å². The standard InChI is InChI=1S/C11H19NO4/c1-3-15-10(13)8-12(2)11(14)9-6-4-5-7-16-9/h9H,3-8H2,1-2H3. The second kappa shape index (κ2) is 6.48. The van der Waals surface area contributed by atoms with Gasteiger partial charge in [-0.15, -0.1) is 0 Å². The first-order valence-corrected chi connectivity index (χ1v) is 5.67. The van der Waals surface area contributed by atoms with Gasteiger partial charge in [0.25, 0.3) is 5.91 Å². The molecular weight excluding hydrogens is 210 g/mol. The molecule has 0 aromatic carbocycles. The molecule has 0 aromatic rings. The molecule has 1 atom stereocenters. The van der Waals surface area contributed by atoms with E-state index in [1.165, 1.54) is 4.90 Å². The third-order valence-electron chi connectivity index (χ3n) is 2.50. The third kappa shape index (κ3) is 3.81. The Morgan fingerprint density at radius 1 is 1.44 bits per heavy atom. The van der Waals surface area contributed by atoms with Crippen molar-refractivity contribution in [2.45, 2.75) is 32.3 Å². The lowest BCUT2D eigenvalue weighted by molar-refractivity contribution is -0.153. The van der Waals surface area contributed by atoms with Crippen LogP contribution in [0.3, 0.4) is 0 Å². The highest BCUT2D eigenvalue weighted by molar-refractivity contribution is 5.84. The summed E-state index contributed by atoms with van der Waals surface area (Å²) in [6, 6.07) is 0. The summed E-state index contributed by atoms with van der Waals surface area (Å²) in [4.78, 5) is 24.4. The molecule has 0 radical (unpaired) electrons. The van der Waals surface area contributed by atoms with Gasteiger partial charge in [0.2, 0.25) is 0 Å². The van der Waals surface area contributed by atoms with Crippen LogP contribution in [0.25, 0.3) is 0 Å². The van der Waals surface area contributed by atoms with Crippen LogP contribution in [-0.4, -0.2) is 49.7 Å². The molecule has 92 valence electrons. The van der Waals surface area contributed by atoms with Gasteiger partial charge in [-0.05, 0) is 26.2 Å². The number of esters is 1. The van der Waals surface area contributed by atoms with Crippen LogP contribution in [0, 0.1) is 0 Å². The first kappa shape index (κ1) is 13.0. The van der Waals surface area contributed by atoms with E-state index in [-0.39, 0.29) is 24.5 Å². The van der Waals surface area contributed by atoms with Crippen molar-refractivity contribution in [3.05, 3.63) is 0 Å². The average Bonchev–Trinajstić information content (AvgIpc) is 2.29. The molecular formula is C11H19NO4. The number of hydrogen-bond acceptors (Lipinski definition) is 4. The van der Waals surface area contributed by atoms with Gasteiger partial charge >= 0.3 is 5.97 Å². The third-order valence-corrected chi connectivity index (χ3v) is 2.50. The summed E-state index contributed by atoms with van der Waals surface area (Å²) in [7, 11) is 1.59. The molecule has 1 saturated heterocycles. The lowest BCUT2D eigenvalue weighted by Gasteiger charge is -2.26. The highest BCUT2D eigenvalue weighted by Gasteiger charge is 2.26. The quantitative estimate of drug-likeness (QED) is 0.662. The molecule has 0 N–H and O–H groups in total. The number of carbonyl (C=O) groups is 2. The highest BCUT2D eigenvalue weighted by Crippen LogP contribution is 2.14. The Morgan fingerprint density at radius 3 is 2.75 bits per heavy atom. The SMILES string of the molecule is CCOC(=O)CN(C)C(=O)C1CCCCO1. The van der Waals surface area contributed by atoms with Crippen LogP contribution < -0.4 is 0 Å². The van der Waals surface area contributed by atoms with E-state index in [2.05, 4.69) is 0 Å². The van der Waals surface area contributed by atoms with Crippen molar-refractivity contribution in [1.29, 1.82) is 0 Å². The van der Waals surface area contributed by atoms with Crippen LogP contribution in [0.2, 0.25) is 0 Å². The zero-order valence-corrected chi connectivity index (χ0v) is 9.90. The largest absolute Gasteiger partial charge is 0.465 e. The molecule has 1 heterocycles. The fourth-order valence-corrected chi connectivity index (χ4v) is 1.66. The zero-order valence-electron chi connectivity index (χ0n) is 9.90. The molecule has 1 fully saturated rings. The second-order valence-electron chi connectivity index (χ2n) is 3.85. The Labute approximate surface area is 95.7 Å². The Hall–Kier alpha value is -1.10. The van der Waals surface area contributed by atoms with Crippen LogP contribution in [0.1, 0.15) is 26.2 Å². The Kier molecular flexibility index (Phi) is 5.25.